The SMILES string of the molecule is CCOc1ccc(/C=N/NC(=O)CCC(=O)Nc2cccc(Cl)c2C)cc1. The van der Waals surface area contributed by atoms with Crippen molar-refractivity contribution < 1.29 is 14.3 Å². The third-order valence-corrected chi connectivity index (χ3v) is 4.12. The molecule has 0 atom stereocenters. The summed E-state index contributed by atoms with van der Waals surface area (Å²) in [4.78, 5) is 23.8. The molecule has 0 saturated heterocycles. The third kappa shape index (κ3) is 6.75. The summed E-state index contributed by atoms with van der Waals surface area (Å²) in [5, 5.41) is 7.22. The minimum atomic E-state index is -0.338. The normalized spacial score (nSPS) is 10.6. The zero-order valence-electron chi connectivity index (χ0n) is 15.3. The fourth-order valence-electron chi connectivity index (χ4n) is 2.23. The van der Waals surface area contributed by atoms with E-state index in [9.17, 15) is 9.59 Å². The topological polar surface area (TPSA) is 79.8 Å². The van der Waals surface area contributed by atoms with Crippen LogP contribution in [0.1, 0.15) is 30.9 Å². The van der Waals surface area contributed by atoms with Gasteiger partial charge in [0, 0.05) is 23.6 Å². The number of hydrogen-bond acceptors (Lipinski definition) is 4. The van der Waals surface area contributed by atoms with Gasteiger partial charge in [-0.25, -0.2) is 5.43 Å². The molecule has 7 heteroatoms. The molecule has 0 aromatic heterocycles. The van der Waals surface area contributed by atoms with Crippen molar-refractivity contribution in [3.63, 3.8) is 0 Å². The largest absolute Gasteiger partial charge is 0.494 e. The lowest BCUT2D eigenvalue weighted by molar-refractivity contribution is -0.124. The number of anilines is 1. The number of nitrogens with zero attached hydrogens (tertiary/aromatic N) is 1. The highest BCUT2D eigenvalue weighted by atomic mass is 35.5. The van der Waals surface area contributed by atoms with E-state index in [0.717, 1.165) is 16.9 Å². The van der Waals surface area contributed by atoms with E-state index < -0.39 is 0 Å². The maximum Gasteiger partial charge on any atom is 0.240 e. The Labute approximate surface area is 163 Å². The van der Waals surface area contributed by atoms with Gasteiger partial charge in [0.25, 0.3) is 0 Å². The summed E-state index contributed by atoms with van der Waals surface area (Å²) in [5.41, 5.74) is 4.66. The van der Waals surface area contributed by atoms with Crippen LogP contribution in [-0.2, 0) is 9.59 Å². The molecule has 0 aliphatic heterocycles. The van der Waals surface area contributed by atoms with Crippen LogP contribution in [0, 0.1) is 6.92 Å². The average Bonchev–Trinajstić information content (AvgIpc) is 2.65. The molecule has 0 radical (unpaired) electrons. The number of rotatable bonds is 8. The van der Waals surface area contributed by atoms with E-state index in [2.05, 4.69) is 15.8 Å². The molecule has 6 nitrogen and oxygen atoms in total. The standard InChI is InChI=1S/C20H22ClN3O3/c1-3-27-16-9-7-15(8-10-16)13-22-24-20(26)12-11-19(25)23-18-6-4-5-17(21)14(18)2/h4-10,13H,3,11-12H2,1-2H3,(H,23,25)(H,24,26)/b22-13+. The second-order valence-electron chi connectivity index (χ2n) is 5.76. The smallest absolute Gasteiger partial charge is 0.240 e. The molecule has 0 bridgehead atoms. The van der Waals surface area contributed by atoms with Crippen molar-refractivity contribution in [2.75, 3.05) is 11.9 Å². The summed E-state index contributed by atoms with van der Waals surface area (Å²) in [6, 6.07) is 12.6. The average molecular weight is 388 g/mol. The highest BCUT2D eigenvalue weighted by Crippen LogP contribution is 2.23. The molecule has 0 fully saturated rings. The predicted molar refractivity (Wildman–Crippen MR) is 107 cm³/mol. The van der Waals surface area contributed by atoms with Crippen LogP contribution in [0.2, 0.25) is 5.02 Å². The lowest BCUT2D eigenvalue weighted by Crippen LogP contribution is -2.20. The highest BCUT2D eigenvalue weighted by Gasteiger charge is 2.09. The van der Waals surface area contributed by atoms with Crippen LogP contribution < -0.4 is 15.5 Å². The van der Waals surface area contributed by atoms with Crippen LogP contribution in [0.3, 0.4) is 0 Å². The Kier molecular flexibility index (Phi) is 7.82. The van der Waals surface area contributed by atoms with E-state index in [1.807, 2.05) is 38.1 Å². The molecule has 2 rings (SSSR count). The number of halogens is 1. The first kappa shape index (κ1) is 20.5. The number of carbonyl (C=O) groups is 2. The molecule has 0 spiro atoms. The zero-order valence-corrected chi connectivity index (χ0v) is 16.0. The Hall–Kier alpha value is -2.86. The Bertz CT molecular complexity index is 820. The van der Waals surface area contributed by atoms with E-state index in [1.54, 1.807) is 18.2 Å². The maximum atomic E-state index is 12.0. The first-order chi connectivity index (χ1) is 13.0. The van der Waals surface area contributed by atoms with Gasteiger partial charge in [0.05, 0.1) is 12.8 Å². The van der Waals surface area contributed by atoms with Crippen molar-refractivity contribution in [2.45, 2.75) is 26.7 Å². The molecular weight excluding hydrogens is 366 g/mol. The second-order valence-corrected chi connectivity index (χ2v) is 6.16. The molecule has 2 aromatic rings. The summed E-state index contributed by atoms with van der Waals surface area (Å²) < 4.78 is 5.35. The Morgan fingerprint density at radius 2 is 1.81 bits per heavy atom. The lowest BCUT2D eigenvalue weighted by atomic mass is 10.2. The maximum absolute atomic E-state index is 12.0. The molecule has 0 heterocycles. The van der Waals surface area contributed by atoms with Crippen molar-refractivity contribution in [2.24, 2.45) is 5.10 Å². The molecule has 0 aliphatic carbocycles. The summed E-state index contributed by atoms with van der Waals surface area (Å²) in [6.07, 6.45) is 1.62. The molecule has 0 unspecified atom stereocenters. The van der Waals surface area contributed by atoms with Gasteiger partial charge in [-0.2, -0.15) is 5.10 Å². The minimum Gasteiger partial charge on any atom is -0.494 e. The molecule has 2 aromatic carbocycles. The number of hydrogen-bond donors (Lipinski definition) is 2. The van der Waals surface area contributed by atoms with Crippen LogP contribution in [-0.4, -0.2) is 24.6 Å². The number of carbonyl (C=O) groups excluding carboxylic acids is 2. The van der Waals surface area contributed by atoms with Crippen molar-refractivity contribution >= 4 is 35.3 Å². The quantitative estimate of drug-likeness (QED) is 0.532. The monoisotopic (exact) mass is 387 g/mol. The van der Waals surface area contributed by atoms with Crippen LogP contribution in [0.4, 0.5) is 5.69 Å². The minimum absolute atomic E-state index is 0.0338. The van der Waals surface area contributed by atoms with Gasteiger partial charge in [0.1, 0.15) is 5.75 Å². The van der Waals surface area contributed by atoms with Crippen molar-refractivity contribution in [1.82, 2.24) is 5.43 Å². The van der Waals surface area contributed by atoms with Crippen molar-refractivity contribution in [1.29, 1.82) is 0 Å². The second kappa shape index (κ2) is 10.3. The number of nitrogens with one attached hydrogen (secondary N) is 2. The van der Waals surface area contributed by atoms with E-state index >= 15 is 0 Å². The van der Waals surface area contributed by atoms with Gasteiger partial charge >= 0.3 is 0 Å². The predicted octanol–water partition coefficient (Wildman–Crippen LogP) is 3.92. The number of ether oxygens (including phenoxy) is 1. The summed E-state index contributed by atoms with van der Waals surface area (Å²) in [7, 11) is 0. The van der Waals surface area contributed by atoms with Crippen LogP contribution in [0.15, 0.2) is 47.6 Å². The number of benzene rings is 2. The zero-order chi connectivity index (χ0) is 19.6. The van der Waals surface area contributed by atoms with E-state index in [0.29, 0.717) is 17.3 Å². The van der Waals surface area contributed by atoms with Gasteiger partial charge < -0.3 is 10.1 Å². The Balaban J connectivity index is 1.75. The molecular formula is C20H22ClN3O3. The van der Waals surface area contributed by atoms with Gasteiger partial charge in [-0.3, -0.25) is 9.59 Å². The summed E-state index contributed by atoms with van der Waals surface area (Å²) >= 11 is 6.02. The molecule has 2 N–H and O–H groups in total. The van der Waals surface area contributed by atoms with Gasteiger partial charge in [-0.1, -0.05) is 17.7 Å². The molecule has 27 heavy (non-hydrogen) atoms. The van der Waals surface area contributed by atoms with Crippen LogP contribution in [0.25, 0.3) is 0 Å². The number of hydrazone groups is 1. The third-order valence-electron chi connectivity index (χ3n) is 3.71. The van der Waals surface area contributed by atoms with Crippen LogP contribution in [0.5, 0.6) is 5.75 Å². The summed E-state index contributed by atoms with van der Waals surface area (Å²) in [5.74, 6) is 0.181. The first-order valence-electron chi connectivity index (χ1n) is 8.59. The molecule has 0 saturated carbocycles. The fourth-order valence-corrected chi connectivity index (χ4v) is 2.41. The van der Waals surface area contributed by atoms with Gasteiger partial charge in [0.15, 0.2) is 0 Å². The van der Waals surface area contributed by atoms with Crippen molar-refractivity contribution in [3.8, 4) is 5.75 Å². The lowest BCUT2D eigenvalue weighted by Gasteiger charge is -2.09. The van der Waals surface area contributed by atoms with Gasteiger partial charge in [-0.05, 0) is 61.4 Å². The van der Waals surface area contributed by atoms with E-state index in [4.69, 9.17) is 16.3 Å². The number of amides is 2. The van der Waals surface area contributed by atoms with Crippen LogP contribution >= 0.6 is 11.6 Å². The molecule has 142 valence electrons. The van der Waals surface area contributed by atoms with Crippen molar-refractivity contribution in [3.05, 3.63) is 58.6 Å². The van der Waals surface area contributed by atoms with E-state index in [-0.39, 0.29) is 24.7 Å². The first-order valence-corrected chi connectivity index (χ1v) is 8.97. The molecule has 0 aliphatic rings. The van der Waals surface area contributed by atoms with Gasteiger partial charge in [-0.15, -0.1) is 0 Å². The van der Waals surface area contributed by atoms with Gasteiger partial charge in [0.2, 0.25) is 11.8 Å². The Morgan fingerprint density at radius 3 is 2.52 bits per heavy atom. The summed E-state index contributed by atoms with van der Waals surface area (Å²) in [6.45, 7) is 4.34. The Morgan fingerprint density at radius 1 is 1.11 bits per heavy atom. The molecule has 2 amide bonds. The fraction of sp³-hybridized carbons (Fsp3) is 0.250. The highest BCUT2D eigenvalue weighted by molar-refractivity contribution is 6.31. The van der Waals surface area contributed by atoms with E-state index in [1.165, 1.54) is 6.21 Å².